The van der Waals surface area contributed by atoms with Gasteiger partial charge in [0.1, 0.15) is 12.2 Å². The van der Waals surface area contributed by atoms with E-state index in [-0.39, 0.29) is 12.6 Å². The number of halogens is 4. The molecule has 2 aromatic carbocycles. The summed E-state index contributed by atoms with van der Waals surface area (Å²) >= 11 is 5.91. The summed E-state index contributed by atoms with van der Waals surface area (Å²) in [5.74, 6) is -0.394. The maximum Gasteiger partial charge on any atom is 0.423 e. The number of nitrogens with zero attached hydrogens (tertiary/aromatic N) is 3. The maximum atomic E-state index is 13.4. The highest BCUT2D eigenvalue weighted by atomic mass is 35.5. The summed E-state index contributed by atoms with van der Waals surface area (Å²) in [6.07, 6.45) is -3.87. The molecule has 0 bridgehead atoms. The van der Waals surface area contributed by atoms with Crippen molar-refractivity contribution in [3.8, 4) is 5.88 Å². The van der Waals surface area contributed by atoms with Gasteiger partial charge in [0, 0.05) is 23.5 Å². The Morgan fingerprint density at radius 2 is 1.71 bits per heavy atom. The molecule has 0 atom stereocenters. The minimum atomic E-state index is -4.62. The number of benzene rings is 2. The zero-order valence-corrected chi connectivity index (χ0v) is 15.7. The van der Waals surface area contributed by atoms with E-state index in [0.717, 1.165) is 11.8 Å². The molecular weight excluding hydrogens is 391 g/mol. The molecule has 4 nitrogen and oxygen atoms in total. The van der Waals surface area contributed by atoms with E-state index < -0.39 is 17.6 Å². The molecule has 1 aromatic heterocycles. The highest BCUT2D eigenvalue weighted by Crippen LogP contribution is 2.36. The summed E-state index contributed by atoms with van der Waals surface area (Å²) in [6, 6.07) is 15.8. The fraction of sp³-hybridized carbons (Fsp3) is 0.200. The minimum absolute atomic E-state index is 0.0343. The maximum absolute atomic E-state index is 13.4. The van der Waals surface area contributed by atoms with Crippen LogP contribution in [0.1, 0.15) is 18.1 Å². The van der Waals surface area contributed by atoms with Crippen molar-refractivity contribution in [2.75, 3.05) is 11.4 Å². The van der Waals surface area contributed by atoms with Gasteiger partial charge < -0.3 is 9.64 Å². The van der Waals surface area contributed by atoms with Crippen LogP contribution in [0.3, 0.4) is 0 Å². The Labute approximate surface area is 165 Å². The predicted octanol–water partition coefficient (Wildman–Crippen LogP) is 5.89. The van der Waals surface area contributed by atoms with Gasteiger partial charge in [-0.25, -0.2) is 4.98 Å². The number of alkyl halides is 3. The molecule has 3 aromatic rings. The standard InChI is InChI=1S/C20H17ClF3N3O/c1-2-27(16-10-8-15(21)9-11-16)19-25-12-17(20(22,23)24)18(26-19)28-13-14-6-4-3-5-7-14/h3-12H,2,13H2,1H3. The van der Waals surface area contributed by atoms with Crippen LogP contribution in [0.25, 0.3) is 0 Å². The first-order valence-electron chi connectivity index (χ1n) is 8.52. The summed E-state index contributed by atoms with van der Waals surface area (Å²) in [4.78, 5) is 9.65. The molecule has 0 unspecified atom stereocenters. The van der Waals surface area contributed by atoms with Crippen LogP contribution in [0.2, 0.25) is 5.02 Å². The molecule has 0 aliphatic rings. The molecule has 1 heterocycles. The Bertz CT molecular complexity index is 918. The second kappa shape index (κ2) is 8.48. The third kappa shape index (κ3) is 4.72. The Morgan fingerprint density at radius 3 is 2.32 bits per heavy atom. The summed E-state index contributed by atoms with van der Waals surface area (Å²) < 4.78 is 45.5. The fourth-order valence-electron chi connectivity index (χ4n) is 2.58. The van der Waals surface area contributed by atoms with Gasteiger partial charge in [-0.3, -0.25) is 0 Å². The third-order valence-corrected chi connectivity index (χ3v) is 4.21. The van der Waals surface area contributed by atoms with E-state index in [9.17, 15) is 13.2 Å². The first-order chi connectivity index (χ1) is 13.4. The van der Waals surface area contributed by atoms with Crippen LogP contribution >= 0.6 is 11.6 Å². The Morgan fingerprint density at radius 1 is 1.04 bits per heavy atom. The van der Waals surface area contributed by atoms with Crippen LogP contribution in [0.5, 0.6) is 5.88 Å². The molecule has 0 spiro atoms. The SMILES string of the molecule is CCN(c1ccc(Cl)cc1)c1ncc(C(F)(F)F)c(OCc2ccccc2)n1. The fourth-order valence-corrected chi connectivity index (χ4v) is 2.70. The number of hydrogen-bond acceptors (Lipinski definition) is 4. The molecule has 28 heavy (non-hydrogen) atoms. The van der Waals surface area contributed by atoms with Crippen LogP contribution < -0.4 is 9.64 Å². The van der Waals surface area contributed by atoms with Gasteiger partial charge in [-0.15, -0.1) is 0 Å². The van der Waals surface area contributed by atoms with Crippen molar-refractivity contribution in [2.24, 2.45) is 0 Å². The molecule has 0 saturated heterocycles. The molecule has 0 saturated carbocycles. The van der Waals surface area contributed by atoms with Gasteiger partial charge >= 0.3 is 6.18 Å². The molecule has 0 radical (unpaired) electrons. The van der Waals surface area contributed by atoms with E-state index in [4.69, 9.17) is 16.3 Å². The van der Waals surface area contributed by atoms with Crippen LogP contribution in [-0.2, 0) is 12.8 Å². The zero-order valence-electron chi connectivity index (χ0n) is 14.9. The van der Waals surface area contributed by atoms with Crippen LogP contribution in [0, 0.1) is 0 Å². The molecule has 146 valence electrons. The van der Waals surface area contributed by atoms with Crippen molar-refractivity contribution in [2.45, 2.75) is 19.7 Å². The first-order valence-corrected chi connectivity index (χ1v) is 8.90. The summed E-state index contributed by atoms with van der Waals surface area (Å²) in [5.41, 5.74) is 0.431. The van der Waals surface area contributed by atoms with E-state index in [1.165, 1.54) is 0 Å². The van der Waals surface area contributed by atoms with Gasteiger partial charge in [-0.05, 0) is 36.8 Å². The highest BCUT2D eigenvalue weighted by molar-refractivity contribution is 6.30. The van der Waals surface area contributed by atoms with Crippen molar-refractivity contribution in [1.29, 1.82) is 0 Å². The monoisotopic (exact) mass is 407 g/mol. The lowest BCUT2D eigenvalue weighted by molar-refractivity contribution is -0.139. The minimum Gasteiger partial charge on any atom is -0.472 e. The second-order valence-corrected chi connectivity index (χ2v) is 6.32. The number of ether oxygens (including phenoxy) is 1. The summed E-state index contributed by atoms with van der Waals surface area (Å²) in [7, 11) is 0. The zero-order chi connectivity index (χ0) is 20.1. The molecule has 8 heteroatoms. The number of rotatable bonds is 6. The average molecular weight is 408 g/mol. The van der Waals surface area contributed by atoms with Gasteiger partial charge in [0.25, 0.3) is 0 Å². The third-order valence-electron chi connectivity index (χ3n) is 3.96. The van der Waals surface area contributed by atoms with Gasteiger partial charge in [-0.2, -0.15) is 18.2 Å². The smallest absolute Gasteiger partial charge is 0.423 e. The van der Waals surface area contributed by atoms with Crippen LogP contribution in [-0.4, -0.2) is 16.5 Å². The molecular formula is C20H17ClF3N3O. The topological polar surface area (TPSA) is 38.2 Å². The quantitative estimate of drug-likeness (QED) is 0.511. The Hall–Kier alpha value is -2.80. The van der Waals surface area contributed by atoms with Crippen molar-refractivity contribution >= 4 is 23.2 Å². The van der Waals surface area contributed by atoms with Crippen molar-refractivity contribution in [3.63, 3.8) is 0 Å². The lowest BCUT2D eigenvalue weighted by atomic mass is 10.2. The second-order valence-electron chi connectivity index (χ2n) is 5.88. The van der Waals surface area contributed by atoms with Gasteiger partial charge in [0.05, 0.1) is 0 Å². The van der Waals surface area contributed by atoms with E-state index >= 15 is 0 Å². The van der Waals surface area contributed by atoms with Gasteiger partial charge in [0.2, 0.25) is 11.8 Å². The van der Waals surface area contributed by atoms with Crippen molar-refractivity contribution in [1.82, 2.24) is 9.97 Å². The number of aromatic nitrogens is 2. The molecule has 3 rings (SSSR count). The number of anilines is 2. The Balaban J connectivity index is 1.95. The predicted molar refractivity (Wildman–Crippen MR) is 102 cm³/mol. The lowest BCUT2D eigenvalue weighted by Gasteiger charge is -2.22. The lowest BCUT2D eigenvalue weighted by Crippen LogP contribution is -2.20. The summed E-state index contributed by atoms with van der Waals surface area (Å²) in [5, 5.41) is 0.556. The molecule has 0 fully saturated rings. The van der Waals surface area contributed by atoms with Crippen LogP contribution in [0.4, 0.5) is 24.8 Å². The molecule has 0 amide bonds. The van der Waals surface area contributed by atoms with E-state index in [0.29, 0.717) is 17.3 Å². The van der Waals surface area contributed by atoms with E-state index in [1.54, 1.807) is 53.4 Å². The van der Waals surface area contributed by atoms with E-state index in [1.807, 2.05) is 13.0 Å². The van der Waals surface area contributed by atoms with Crippen molar-refractivity contribution < 1.29 is 17.9 Å². The first kappa shape index (κ1) is 19.9. The molecule has 0 N–H and O–H groups in total. The molecule has 0 aliphatic carbocycles. The number of hydrogen-bond donors (Lipinski definition) is 0. The van der Waals surface area contributed by atoms with Gasteiger partial charge in [0.15, 0.2) is 0 Å². The normalized spacial score (nSPS) is 11.3. The molecule has 0 aliphatic heterocycles. The largest absolute Gasteiger partial charge is 0.472 e. The van der Waals surface area contributed by atoms with Gasteiger partial charge in [-0.1, -0.05) is 41.9 Å². The Kier molecular flexibility index (Phi) is 6.04. The van der Waals surface area contributed by atoms with Crippen molar-refractivity contribution in [3.05, 3.63) is 76.9 Å². The van der Waals surface area contributed by atoms with E-state index in [2.05, 4.69) is 9.97 Å². The highest BCUT2D eigenvalue weighted by Gasteiger charge is 2.36. The van der Waals surface area contributed by atoms with Crippen LogP contribution in [0.15, 0.2) is 60.8 Å². The average Bonchev–Trinajstić information content (AvgIpc) is 2.68. The summed E-state index contributed by atoms with van der Waals surface area (Å²) in [6.45, 7) is 2.26.